The van der Waals surface area contributed by atoms with Gasteiger partial charge < -0.3 is 5.43 Å². The maximum Gasteiger partial charge on any atom is 0.301 e. The Kier molecular flexibility index (Phi) is 3.93. The smallest absolute Gasteiger partial charge is 0.301 e. The second-order valence-corrected chi connectivity index (χ2v) is 4.54. The first kappa shape index (κ1) is 13.2. The first-order chi connectivity index (χ1) is 9.10. The summed E-state index contributed by atoms with van der Waals surface area (Å²) in [7, 11) is 0. The van der Waals surface area contributed by atoms with Crippen LogP contribution in [0.4, 0.5) is 15.9 Å². The molecule has 3 N–H and O–H groups in total. The third kappa shape index (κ3) is 3.18. The molecule has 0 unspecified atom stereocenters. The molecule has 19 heavy (non-hydrogen) atoms. The number of pyridine rings is 1. The van der Waals surface area contributed by atoms with E-state index in [0.717, 1.165) is 11.8 Å². The van der Waals surface area contributed by atoms with Crippen LogP contribution >= 0.6 is 11.8 Å². The van der Waals surface area contributed by atoms with E-state index in [-0.39, 0.29) is 10.7 Å². The van der Waals surface area contributed by atoms with Gasteiger partial charge >= 0.3 is 5.69 Å². The number of anilines is 1. The van der Waals surface area contributed by atoms with Crippen molar-refractivity contribution in [2.45, 2.75) is 9.92 Å². The Morgan fingerprint density at radius 1 is 1.37 bits per heavy atom. The molecule has 98 valence electrons. The van der Waals surface area contributed by atoms with Crippen molar-refractivity contribution in [1.82, 2.24) is 4.98 Å². The van der Waals surface area contributed by atoms with Gasteiger partial charge in [0.15, 0.2) is 5.03 Å². The van der Waals surface area contributed by atoms with Gasteiger partial charge in [-0.05, 0) is 24.3 Å². The summed E-state index contributed by atoms with van der Waals surface area (Å²) < 4.78 is 13.1. The minimum absolute atomic E-state index is 0.144. The zero-order valence-corrected chi connectivity index (χ0v) is 10.4. The maximum absolute atomic E-state index is 13.1. The molecular formula is C11H9FN4O2S. The van der Waals surface area contributed by atoms with E-state index in [0.29, 0.717) is 10.7 Å². The third-order valence-electron chi connectivity index (χ3n) is 2.20. The molecule has 6 nitrogen and oxygen atoms in total. The molecule has 0 bridgehead atoms. The van der Waals surface area contributed by atoms with Crippen molar-refractivity contribution in [1.29, 1.82) is 0 Å². The molecule has 0 saturated carbocycles. The van der Waals surface area contributed by atoms with Crippen molar-refractivity contribution in [3.63, 3.8) is 0 Å². The van der Waals surface area contributed by atoms with Crippen LogP contribution in [0.2, 0.25) is 0 Å². The number of nitrogen functional groups attached to an aromatic ring is 1. The predicted octanol–water partition coefficient (Wildman–Crippen LogP) is 2.57. The van der Waals surface area contributed by atoms with Gasteiger partial charge in [-0.15, -0.1) is 0 Å². The van der Waals surface area contributed by atoms with E-state index in [9.17, 15) is 14.5 Å². The number of hydrogen-bond acceptors (Lipinski definition) is 6. The lowest BCUT2D eigenvalue weighted by Crippen LogP contribution is -2.09. The highest BCUT2D eigenvalue weighted by molar-refractivity contribution is 7.99. The number of nitrogens with two attached hydrogens (primary N) is 1. The van der Waals surface area contributed by atoms with Gasteiger partial charge in [0.05, 0.1) is 4.92 Å². The number of hydrazine groups is 1. The van der Waals surface area contributed by atoms with Crippen molar-refractivity contribution in [3.8, 4) is 0 Å². The standard InChI is InChI=1S/C11H9FN4O2S/c12-7-2-1-3-8(6-7)19-11-9(16(17)18)4-5-10(14-11)15-13/h1-6H,13H2,(H,14,15). The highest BCUT2D eigenvalue weighted by atomic mass is 32.2. The zero-order chi connectivity index (χ0) is 13.8. The molecule has 1 aromatic heterocycles. The molecule has 1 heterocycles. The molecule has 0 aliphatic carbocycles. The molecule has 1 aromatic carbocycles. The Morgan fingerprint density at radius 2 is 2.16 bits per heavy atom. The Morgan fingerprint density at radius 3 is 2.79 bits per heavy atom. The summed E-state index contributed by atoms with van der Waals surface area (Å²) in [6.45, 7) is 0. The molecule has 2 aromatic rings. The fraction of sp³-hybridized carbons (Fsp3) is 0. The molecule has 0 spiro atoms. The topological polar surface area (TPSA) is 94.1 Å². The van der Waals surface area contributed by atoms with Crippen LogP contribution in [0.1, 0.15) is 0 Å². The first-order valence-corrected chi connectivity index (χ1v) is 5.97. The summed E-state index contributed by atoms with van der Waals surface area (Å²) in [6.07, 6.45) is 0. The lowest BCUT2D eigenvalue weighted by atomic mass is 10.3. The lowest BCUT2D eigenvalue weighted by molar-refractivity contribution is -0.388. The highest BCUT2D eigenvalue weighted by Crippen LogP contribution is 2.34. The number of nitro groups is 1. The van der Waals surface area contributed by atoms with Gasteiger partial charge in [-0.3, -0.25) is 10.1 Å². The molecule has 0 amide bonds. The first-order valence-electron chi connectivity index (χ1n) is 5.15. The molecular weight excluding hydrogens is 271 g/mol. The van der Waals surface area contributed by atoms with Crippen molar-refractivity contribution in [2.24, 2.45) is 5.84 Å². The van der Waals surface area contributed by atoms with Crippen LogP contribution < -0.4 is 11.3 Å². The average molecular weight is 280 g/mol. The van der Waals surface area contributed by atoms with Gasteiger partial charge in [-0.25, -0.2) is 15.2 Å². The predicted molar refractivity (Wildman–Crippen MR) is 69.2 cm³/mol. The van der Waals surface area contributed by atoms with Crippen LogP contribution in [0, 0.1) is 15.9 Å². The summed E-state index contributed by atoms with van der Waals surface area (Å²) in [4.78, 5) is 14.9. The molecule has 0 radical (unpaired) electrons. The van der Waals surface area contributed by atoms with E-state index in [4.69, 9.17) is 5.84 Å². The van der Waals surface area contributed by atoms with Crippen LogP contribution in [-0.4, -0.2) is 9.91 Å². The molecule has 8 heteroatoms. The van der Waals surface area contributed by atoms with Gasteiger partial charge in [-0.2, -0.15) is 0 Å². The quantitative estimate of drug-likeness (QED) is 0.508. The SMILES string of the molecule is NNc1ccc([N+](=O)[O-])c(Sc2cccc(F)c2)n1. The van der Waals surface area contributed by atoms with E-state index in [1.165, 1.54) is 30.3 Å². The van der Waals surface area contributed by atoms with Crippen LogP contribution in [0.15, 0.2) is 46.3 Å². The Labute approximate surface area is 112 Å². The zero-order valence-electron chi connectivity index (χ0n) is 9.54. The van der Waals surface area contributed by atoms with Crippen LogP contribution in [-0.2, 0) is 0 Å². The summed E-state index contributed by atoms with van der Waals surface area (Å²) in [5, 5.41) is 11.0. The van der Waals surface area contributed by atoms with E-state index in [1.807, 2.05) is 0 Å². The van der Waals surface area contributed by atoms with Crippen molar-refractivity contribution in [3.05, 3.63) is 52.3 Å². The molecule has 0 aliphatic rings. The monoisotopic (exact) mass is 280 g/mol. The molecule has 0 saturated heterocycles. The number of hydrogen-bond donors (Lipinski definition) is 2. The minimum atomic E-state index is -0.547. The summed E-state index contributed by atoms with van der Waals surface area (Å²) >= 11 is 0.998. The van der Waals surface area contributed by atoms with Crippen LogP contribution in [0.25, 0.3) is 0 Å². The Hall–Kier alpha value is -2.19. The number of aromatic nitrogens is 1. The minimum Gasteiger partial charge on any atom is -0.308 e. The van der Waals surface area contributed by atoms with Crippen LogP contribution in [0.3, 0.4) is 0 Å². The van der Waals surface area contributed by atoms with Crippen LogP contribution in [0.5, 0.6) is 0 Å². The number of rotatable bonds is 4. The molecule has 0 fully saturated rings. The normalized spacial score (nSPS) is 10.2. The highest BCUT2D eigenvalue weighted by Gasteiger charge is 2.17. The second kappa shape index (κ2) is 5.63. The average Bonchev–Trinajstić information content (AvgIpc) is 2.38. The number of halogens is 1. The Bertz CT molecular complexity index is 623. The third-order valence-corrected chi connectivity index (χ3v) is 3.18. The van der Waals surface area contributed by atoms with Gasteiger partial charge in [0.1, 0.15) is 11.6 Å². The lowest BCUT2D eigenvalue weighted by Gasteiger charge is -2.05. The fourth-order valence-corrected chi connectivity index (χ4v) is 2.30. The summed E-state index contributed by atoms with van der Waals surface area (Å²) in [5.74, 6) is 5.09. The van der Waals surface area contributed by atoms with Crippen molar-refractivity contribution in [2.75, 3.05) is 5.43 Å². The number of nitrogens with one attached hydrogen (secondary N) is 1. The van der Waals surface area contributed by atoms with Crippen molar-refractivity contribution < 1.29 is 9.31 Å². The Balaban J connectivity index is 2.39. The van der Waals surface area contributed by atoms with E-state index < -0.39 is 10.7 Å². The van der Waals surface area contributed by atoms with Gasteiger partial charge in [-0.1, -0.05) is 17.8 Å². The van der Waals surface area contributed by atoms with Gasteiger partial charge in [0.2, 0.25) is 0 Å². The number of nitrogens with zero attached hydrogens (tertiary/aromatic N) is 2. The van der Waals surface area contributed by atoms with Crippen molar-refractivity contribution >= 4 is 23.3 Å². The van der Waals surface area contributed by atoms with E-state index >= 15 is 0 Å². The number of benzene rings is 1. The second-order valence-electron chi connectivity index (χ2n) is 3.48. The molecule has 0 atom stereocenters. The molecule has 0 aliphatic heterocycles. The molecule has 2 rings (SSSR count). The fourth-order valence-electron chi connectivity index (χ4n) is 1.37. The summed E-state index contributed by atoms with van der Waals surface area (Å²) in [5.41, 5.74) is 2.15. The van der Waals surface area contributed by atoms with Gasteiger partial charge in [0, 0.05) is 11.0 Å². The van der Waals surface area contributed by atoms with Gasteiger partial charge in [0.25, 0.3) is 0 Å². The van der Waals surface area contributed by atoms with E-state index in [2.05, 4.69) is 10.4 Å². The van der Waals surface area contributed by atoms with E-state index in [1.54, 1.807) is 6.07 Å². The largest absolute Gasteiger partial charge is 0.308 e. The summed E-state index contributed by atoms with van der Waals surface area (Å²) in [6, 6.07) is 8.43. The maximum atomic E-state index is 13.1.